The van der Waals surface area contributed by atoms with E-state index in [1.807, 2.05) is 60.3 Å². The molecular weight excluding hydrogens is 360 g/mol. The van der Waals surface area contributed by atoms with Gasteiger partial charge in [0.25, 0.3) is 0 Å². The second-order valence-electron chi connectivity index (χ2n) is 5.43. The molecular formula is C18H21ClN2OS2. The number of thioether (sulfide) groups is 1. The first-order valence-electron chi connectivity index (χ1n) is 7.64. The van der Waals surface area contributed by atoms with E-state index in [-0.39, 0.29) is 0 Å². The molecule has 1 unspecified atom stereocenters. The van der Waals surface area contributed by atoms with Crippen LogP contribution in [0.15, 0.2) is 53.4 Å². The molecule has 2 aromatic carbocycles. The first-order valence-corrected chi connectivity index (χ1v) is 9.41. The molecule has 3 nitrogen and oxygen atoms in total. The predicted octanol–water partition coefficient (Wildman–Crippen LogP) is 5.06. The van der Waals surface area contributed by atoms with Gasteiger partial charge in [0, 0.05) is 27.9 Å². The van der Waals surface area contributed by atoms with Crippen molar-refractivity contribution in [3.05, 3.63) is 53.6 Å². The summed E-state index contributed by atoms with van der Waals surface area (Å²) in [6.07, 6.45) is 0. The number of anilines is 1. The molecule has 6 heteroatoms. The molecule has 0 aromatic heterocycles. The van der Waals surface area contributed by atoms with E-state index in [1.54, 1.807) is 7.11 Å². The maximum absolute atomic E-state index is 5.89. The van der Waals surface area contributed by atoms with Crippen molar-refractivity contribution in [2.75, 3.05) is 24.7 Å². The van der Waals surface area contributed by atoms with Crippen LogP contribution in [0, 0.1) is 5.92 Å². The maximum atomic E-state index is 5.89. The van der Waals surface area contributed by atoms with Crippen LogP contribution in [0.25, 0.3) is 0 Å². The number of ether oxygens (including phenoxy) is 1. The average Bonchev–Trinajstić information content (AvgIpc) is 2.60. The van der Waals surface area contributed by atoms with E-state index in [9.17, 15) is 0 Å². The van der Waals surface area contributed by atoms with Crippen molar-refractivity contribution in [1.82, 2.24) is 5.32 Å². The minimum absolute atomic E-state index is 0.487. The summed E-state index contributed by atoms with van der Waals surface area (Å²) in [4.78, 5) is 1.23. The number of nitrogens with one attached hydrogen (secondary N) is 2. The minimum atomic E-state index is 0.487. The van der Waals surface area contributed by atoms with Gasteiger partial charge in [-0.3, -0.25) is 0 Å². The molecule has 2 rings (SSSR count). The molecule has 0 saturated carbocycles. The number of methoxy groups -OCH3 is 1. The molecule has 0 heterocycles. The fourth-order valence-electron chi connectivity index (χ4n) is 1.94. The molecule has 0 saturated heterocycles. The predicted molar refractivity (Wildman–Crippen MR) is 109 cm³/mol. The van der Waals surface area contributed by atoms with Gasteiger partial charge in [-0.05, 0) is 66.7 Å². The average molecular weight is 381 g/mol. The van der Waals surface area contributed by atoms with Gasteiger partial charge < -0.3 is 15.4 Å². The summed E-state index contributed by atoms with van der Waals surface area (Å²) in [6.45, 7) is 3.02. The lowest BCUT2D eigenvalue weighted by atomic mass is 10.2. The topological polar surface area (TPSA) is 33.3 Å². The Balaban J connectivity index is 1.69. The quantitative estimate of drug-likeness (QED) is 0.518. The van der Waals surface area contributed by atoms with Crippen molar-refractivity contribution in [2.45, 2.75) is 11.8 Å². The summed E-state index contributed by atoms with van der Waals surface area (Å²) in [5, 5.41) is 7.83. The second kappa shape index (κ2) is 9.77. The molecule has 24 heavy (non-hydrogen) atoms. The van der Waals surface area contributed by atoms with Crippen LogP contribution in [0.3, 0.4) is 0 Å². The summed E-state index contributed by atoms with van der Waals surface area (Å²) in [6, 6.07) is 15.6. The fraction of sp³-hybridized carbons (Fsp3) is 0.278. The van der Waals surface area contributed by atoms with E-state index in [1.165, 1.54) is 4.90 Å². The Morgan fingerprint density at radius 1 is 1.17 bits per heavy atom. The summed E-state index contributed by atoms with van der Waals surface area (Å²) in [5.41, 5.74) is 0.941. The maximum Gasteiger partial charge on any atom is 0.170 e. The normalized spacial score (nSPS) is 11.6. The van der Waals surface area contributed by atoms with Crippen LogP contribution in [-0.4, -0.2) is 24.5 Å². The van der Waals surface area contributed by atoms with Gasteiger partial charge in [-0.1, -0.05) is 18.5 Å². The van der Waals surface area contributed by atoms with Gasteiger partial charge in [-0.15, -0.1) is 11.8 Å². The van der Waals surface area contributed by atoms with Crippen molar-refractivity contribution in [3.63, 3.8) is 0 Å². The van der Waals surface area contributed by atoms with Crippen LogP contribution >= 0.6 is 35.6 Å². The summed E-state index contributed by atoms with van der Waals surface area (Å²) >= 11 is 13.0. The Morgan fingerprint density at radius 2 is 1.83 bits per heavy atom. The Morgan fingerprint density at radius 3 is 2.46 bits per heavy atom. The van der Waals surface area contributed by atoms with Crippen LogP contribution in [-0.2, 0) is 0 Å². The highest BCUT2D eigenvalue weighted by molar-refractivity contribution is 7.99. The molecule has 0 amide bonds. The van der Waals surface area contributed by atoms with Crippen molar-refractivity contribution in [1.29, 1.82) is 0 Å². The molecule has 0 aliphatic heterocycles. The zero-order valence-corrected chi connectivity index (χ0v) is 16.1. The number of halogens is 1. The Kier molecular flexibility index (Phi) is 7.69. The SMILES string of the molecule is COc1ccc(NC(=S)NCC(C)CSc2ccc(Cl)cc2)cc1. The van der Waals surface area contributed by atoms with E-state index in [4.69, 9.17) is 28.6 Å². The molecule has 0 spiro atoms. The van der Waals surface area contributed by atoms with Crippen molar-refractivity contribution in [2.24, 2.45) is 5.92 Å². The lowest BCUT2D eigenvalue weighted by Gasteiger charge is -2.15. The third kappa shape index (κ3) is 6.59. The van der Waals surface area contributed by atoms with Gasteiger partial charge in [-0.25, -0.2) is 0 Å². The van der Waals surface area contributed by atoms with Gasteiger partial charge in [0.2, 0.25) is 0 Å². The molecule has 1 atom stereocenters. The first kappa shape index (κ1) is 18.9. The van der Waals surface area contributed by atoms with E-state index >= 15 is 0 Å². The highest BCUT2D eigenvalue weighted by atomic mass is 35.5. The number of rotatable bonds is 7. The number of thiocarbonyl (C=S) groups is 1. The highest BCUT2D eigenvalue weighted by Gasteiger charge is 2.05. The molecule has 0 aliphatic rings. The van der Waals surface area contributed by atoms with Crippen molar-refractivity contribution in [3.8, 4) is 5.75 Å². The van der Waals surface area contributed by atoms with Gasteiger partial charge in [-0.2, -0.15) is 0 Å². The van der Waals surface area contributed by atoms with Crippen molar-refractivity contribution < 1.29 is 4.74 Å². The van der Waals surface area contributed by atoms with Crippen LogP contribution in [0.4, 0.5) is 5.69 Å². The standard InChI is InChI=1S/C18H21ClN2OS2/c1-13(12-24-17-9-3-14(19)4-10-17)11-20-18(23)21-15-5-7-16(22-2)8-6-15/h3-10,13H,11-12H2,1-2H3,(H2,20,21,23). The summed E-state index contributed by atoms with van der Waals surface area (Å²) in [5.74, 6) is 2.33. The minimum Gasteiger partial charge on any atom is -0.497 e. The lowest BCUT2D eigenvalue weighted by molar-refractivity contribution is 0.415. The Bertz CT molecular complexity index is 647. The van der Waals surface area contributed by atoms with Gasteiger partial charge in [0.15, 0.2) is 5.11 Å². The molecule has 0 fully saturated rings. The Labute approximate surface area is 158 Å². The van der Waals surface area contributed by atoms with Crippen LogP contribution in [0.1, 0.15) is 6.92 Å². The van der Waals surface area contributed by atoms with Crippen LogP contribution < -0.4 is 15.4 Å². The third-order valence-electron chi connectivity index (χ3n) is 3.31. The largest absolute Gasteiger partial charge is 0.497 e. The number of hydrogen-bond acceptors (Lipinski definition) is 3. The fourth-order valence-corrected chi connectivity index (χ4v) is 3.20. The van der Waals surface area contributed by atoms with Crippen molar-refractivity contribution >= 4 is 46.4 Å². The van der Waals surface area contributed by atoms with Crippen LogP contribution in [0.2, 0.25) is 5.02 Å². The summed E-state index contributed by atoms with van der Waals surface area (Å²) in [7, 11) is 1.65. The zero-order chi connectivity index (χ0) is 17.4. The van der Waals surface area contributed by atoms with E-state index < -0.39 is 0 Å². The number of benzene rings is 2. The molecule has 2 N–H and O–H groups in total. The van der Waals surface area contributed by atoms with E-state index in [0.29, 0.717) is 11.0 Å². The molecule has 0 radical (unpaired) electrons. The molecule has 0 bridgehead atoms. The smallest absolute Gasteiger partial charge is 0.170 e. The van der Waals surface area contributed by atoms with E-state index in [0.717, 1.165) is 28.8 Å². The molecule has 128 valence electrons. The highest BCUT2D eigenvalue weighted by Crippen LogP contribution is 2.22. The van der Waals surface area contributed by atoms with Gasteiger partial charge >= 0.3 is 0 Å². The first-order chi connectivity index (χ1) is 11.6. The molecule has 0 aliphatic carbocycles. The monoisotopic (exact) mass is 380 g/mol. The number of hydrogen-bond donors (Lipinski definition) is 2. The molecule has 2 aromatic rings. The van der Waals surface area contributed by atoms with Crippen LogP contribution in [0.5, 0.6) is 5.75 Å². The summed E-state index contributed by atoms with van der Waals surface area (Å²) < 4.78 is 5.14. The van der Waals surface area contributed by atoms with Gasteiger partial charge in [0.05, 0.1) is 7.11 Å². The zero-order valence-electron chi connectivity index (χ0n) is 13.7. The third-order valence-corrected chi connectivity index (χ3v) is 5.15. The second-order valence-corrected chi connectivity index (χ2v) is 7.37. The lowest BCUT2D eigenvalue weighted by Crippen LogP contribution is -2.32. The Hall–Kier alpha value is -1.43. The van der Waals surface area contributed by atoms with Gasteiger partial charge in [0.1, 0.15) is 5.75 Å². The van der Waals surface area contributed by atoms with E-state index in [2.05, 4.69) is 17.6 Å².